The van der Waals surface area contributed by atoms with Crippen LogP contribution in [0.1, 0.15) is 18.1 Å². The molecule has 1 fully saturated rings. The van der Waals surface area contributed by atoms with Crippen LogP contribution in [0.25, 0.3) is 10.9 Å². The molecule has 0 radical (unpaired) electrons. The van der Waals surface area contributed by atoms with Gasteiger partial charge in [-0.3, -0.25) is 14.7 Å². The first-order chi connectivity index (χ1) is 17.0. The van der Waals surface area contributed by atoms with Gasteiger partial charge in [0.2, 0.25) is 5.91 Å². The number of β-amino-alcohol motifs (C(OH)–C–C–N with tert-alkyl or cyclic N) is 1. The van der Waals surface area contributed by atoms with E-state index in [1.807, 2.05) is 35.2 Å². The van der Waals surface area contributed by atoms with Crippen LogP contribution >= 0.6 is 11.8 Å². The SMILES string of the molecule is COc1ccc2nccc([C@H](O)CN3CC[C@H](NCC4Sc5cccnc5NC4=O)[C@H](F)C3)c2c1. The number of anilines is 1. The summed E-state index contributed by atoms with van der Waals surface area (Å²) in [4.78, 5) is 23.8. The van der Waals surface area contributed by atoms with Gasteiger partial charge in [0.25, 0.3) is 0 Å². The van der Waals surface area contributed by atoms with Gasteiger partial charge >= 0.3 is 0 Å². The average molecular weight is 498 g/mol. The molecule has 0 bridgehead atoms. The number of hydrogen-bond acceptors (Lipinski definition) is 8. The van der Waals surface area contributed by atoms with Crippen molar-refractivity contribution >= 4 is 34.4 Å². The number of benzene rings is 1. The van der Waals surface area contributed by atoms with E-state index in [0.717, 1.165) is 21.4 Å². The van der Waals surface area contributed by atoms with Gasteiger partial charge in [-0.2, -0.15) is 0 Å². The average Bonchev–Trinajstić information content (AvgIpc) is 2.87. The summed E-state index contributed by atoms with van der Waals surface area (Å²) < 4.78 is 20.4. The van der Waals surface area contributed by atoms with Crippen LogP contribution < -0.4 is 15.4 Å². The normalized spacial score (nSPS) is 23.5. The highest BCUT2D eigenvalue weighted by atomic mass is 32.2. The number of likely N-dealkylation sites (tertiary alicyclic amines) is 1. The maximum atomic E-state index is 15.1. The molecule has 4 atom stereocenters. The molecule has 184 valence electrons. The van der Waals surface area contributed by atoms with Crippen LogP contribution in [0.4, 0.5) is 10.2 Å². The van der Waals surface area contributed by atoms with Crippen LogP contribution in [0, 0.1) is 0 Å². The number of halogens is 1. The summed E-state index contributed by atoms with van der Waals surface area (Å²) in [5.41, 5.74) is 1.52. The maximum absolute atomic E-state index is 15.1. The summed E-state index contributed by atoms with van der Waals surface area (Å²) >= 11 is 1.45. The molecule has 0 saturated carbocycles. The maximum Gasteiger partial charge on any atom is 0.240 e. The topological polar surface area (TPSA) is 99.6 Å². The number of aliphatic hydroxyl groups excluding tert-OH is 1. The van der Waals surface area contributed by atoms with Crippen molar-refractivity contribution in [1.82, 2.24) is 20.2 Å². The first-order valence-corrected chi connectivity index (χ1v) is 12.5. The smallest absolute Gasteiger partial charge is 0.240 e. The molecule has 0 spiro atoms. The van der Waals surface area contributed by atoms with Gasteiger partial charge < -0.3 is 20.5 Å². The van der Waals surface area contributed by atoms with Gasteiger partial charge in [-0.1, -0.05) is 0 Å². The van der Waals surface area contributed by atoms with Crippen LogP contribution in [-0.2, 0) is 4.79 Å². The fraction of sp³-hybridized carbons (Fsp3) is 0.400. The summed E-state index contributed by atoms with van der Waals surface area (Å²) in [5.74, 6) is 1.15. The third-order valence-corrected chi connectivity index (χ3v) is 7.79. The lowest BCUT2D eigenvalue weighted by molar-refractivity contribution is -0.115. The van der Waals surface area contributed by atoms with E-state index in [0.29, 0.717) is 37.6 Å². The Hall–Kier alpha value is -2.79. The predicted molar refractivity (Wildman–Crippen MR) is 134 cm³/mol. The molecule has 2 aromatic heterocycles. The summed E-state index contributed by atoms with van der Waals surface area (Å²) in [6.07, 6.45) is 2.03. The Kier molecular flexibility index (Phi) is 7.14. The summed E-state index contributed by atoms with van der Waals surface area (Å²) in [6, 6.07) is 10.8. The molecule has 3 aromatic rings. The number of pyridine rings is 2. The molecule has 2 aliphatic rings. The molecule has 1 saturated heterocycles. The van der Waals surface area contributed by atoms with Crippen molar-refractivity contribution in [2.75, 3.05) is 38.6 Å². The molecule has 10 heteroatoms. The Labute approximate surface area is 207 Å². The first-order valence-electron chi connectivity index (χ1n) is 11.6. The Morgan fingerprint density at radius 2 is 2.20 bits per heavy atom. The molecule has 4 heterocycles. The Bertz CT molecular complexity index is 1210. The summed E-state index contributed by atoms with van der Waals surface area (Å²) in [6.45, 7) is 1.58. The van der Waals surface area contributed by atoms with Crippen LogP contribution in [0.5, 0.6) is 5.75 Å². The number of aliphatic hydroxyl groups is 1. The van der Waals surface area contributed by atoms with E-state index in [1.54, 1.807) is 25.6 Å². The zero-order chi connectivity index (χ0) is 24.4. The second-order valence-corrected chi connectivity index (χ2v) is 10.1. The number of rotatable bonds is 7. The van der Waals surface area contributed by atoms with Gasteiger partial charge in [0.15, 0.2) is 0 Å². The van der Waals surface area contributed by atoms with Gasteiger partial charge in [0.1, 0.15) is 23.0 Å². The number of fused-ring (bicyclic) bond motifs is 2. The van der Waals surface area contributed by atoms with Crippen molar-refractivity contribution in [2.45, 2.75) is 34.9 Å². The third kappa shape index (κ3) is 5.25. The van der Waals surface area contributed by atoms with E-state index in [-0.39, 0.29) is 23.7 Å². The van der Waals surface area contributed by atoms with Gasteiger partial charge in [-0.15, -0.1) is 11.8 Å². The fourth-order valence-corrected chi connectivity index (χ4v) is 5.67. The number of carbonyl (C=O) groups is 1. The van der Waals surface area contributed by atoms with E-state index in [1.165, 1.54) is 11.8 Å². The highest BCUT2D eigenvalue weighted by Gasteiger charge is 2.33. The molecule has 2 aliphatic heterocycles. The standard InChI is InChI=1S/C25H28FN5O3S/c1-34-15-4-5-19-17(11-15)16(6-9-27-19)21(32)14-31-10-7-20(18(26)13-31)29-12-23-25(33)30-24-22(35-23)3-2-8-28-24/h2-6,8-9,11,18,20-21,23,29,32H,7,10,12-14H2,1H3,(H,28,30,33)/t18-,20+,21-,23?/m1/s1. The van der Waals surface area contributed by atoms with Crippen LogP contribution in [-0.4, -0.2) is 76.6 Å². The number of amides is 1. The largest absolute Gasteiger partial charge is 0.497 e. The highest BCUT2D eigenvalue weighted by molar-refractivity contribution is 8.01. The Morgan fingerprint density at radius 1 is 1.31 bits per heavy atom. The van der Waals surface area contributed by atoms with Gasteiger partial charge in [-0.25, -0.2) is 9.37 Å². The molecule has 5 rings (SSSR count). The number of carbonyl (C=O) groups excluding carboxylic acids is 1. The van der Waals surface area contributed by atoms with Gasteiger partial charge in [-0.05, 0) is 54.9 Å². The number of hydrogen-bond donors (Lipinski definition) is 3. The third-order valence-electron chi connectivity index (χ3n) is 6.54. The number of aromatic nitrogens is 2. The molecule has 3 N–H and O–H groups in total. The Morgan fingerprint density at radius 3 is 3.03 bits per heavy atom. The monoisotopic (exact) mass is 497 g/mol. The predicted octanol–water partition coefficient (Wildman–Crippen LogP) is 2.79. The molecule has 35 heavy (non-hydrogen) atoms. The summed E-state index contributed by atoms with van der Waals surface area (Å²) in [5, 5.41) is 17.5. The lowest BCUT2D eigenvalue weighted by Crippen LogP contribution is -2.53. The molecule has 8 nitrogen and oxygen atoms in total. The quantitative estimate of drug-likeness (QED) is 0.458. The van der Waals surface area contributed by atoms with Crippen molar-refractivity contribution in [3.8, 4) is 5.75 Å². The minimum atomic E-state index is -1.10. The van der Waals surface area contributed by atoms with Gasteiger partial charge in [0.05, 0.1) is 23.6 Å². The molecule has 1 aromatic carbocycles. The van der Waals surface area contributed by atoms with E-state index >= 15 is 4.39 Å². The second kappa shape index (κ2) is 10.4. The number of ether oxygens (including phenoxy) is 1. The molecular weight excluding hydrogens is 469 g/mol. The lowest BCUT2D eigenvalue weighted by atomic mass is 10.00. The Balaban J connectivity index is 1.16. The van der Waals surface area contributed by atoms with Crippen molar-refractivity contribution in [3.63, 3.8) is 0 Å². The van der Waals surface area contributed by atoms with Gasteiger partial charge in [0, 0.05) is 43.5 Å². The highest BCUT2D eigenvalue weighted by Crippen LogP contribution is 2.34. The van der Waals surface area contributed by atoms with Crippen molar-refractivity contribution < 1.29 is 19.0 Å². The number of nitrogens with zero attached hydrogens (tertiary/aromatic N) is 3. The van der Waals surface area contributed by atoms with Crippen LogP contribution in [0.3, 0.4) is 0 Å². The minimum Gasteiger partial charge on any atom is -0.497 e. The van der Waals surface area contributed by atoms with E-state index in [2.05, 4.69) is 20.6 Å². The number of piperidine rings is 1. The van der Waals surface area contributed by atoms with Crippen molar-refractivity contribution in [1.29, 1.82) is 0 Å². The van der Waals surface area contributed by atoms with Crippen molar-refractivity contribution in [2.24, 2.45) is 0 Å². The number of nitrogens with one attached hydrogen (secondary N) is 2. The summed E-state index contributed by atoms with van der Waals surface area (Å²) in [7, 11) is 1.60. The van der Waals surface area contributed by atoms with E-state index < -0.39 is 12.3 Å². The van der Waals surface area contributed by atoms with Crippen molar-refractivity contribution in [3.05, 3.63) is 54.4 Å². The van der Waals surface area contributed by atoms with E-state index in [9.17, 15) is 9.90 Å². The van der Waals surface area contributed by atoms with E-state index in [4.69, 9.17) is 4.74 Å². The van der Waals surface area contributed by atoms with Crippen LogP contribution in [0.2, 0.25) is 0 Å². The second-order valence-electron chi connectivity index (χ2n) is 8.82. The molecule has 1 amide bonds. The molecule has 1 unspecified atom stereocenters. The number of methoxy groups -OCH3 is 1. The lowest BCUT2D eigenvalue weighted by Gasteiger charge is -2.37. The van der Waals surface area contributed by atoms with Crippen LogP contribution in [0.15, 0.2) is 53.7 Å². The molecular formula is C25H28FN5O3S. The number of thioether (sulfide) groups is 1. The zero-order valence-electron chi connectivity index (χ0n) is 19.4. The fourth-order valence-electron chi connectivity index (χ4n) is 4.65. The number of alkyl halides is 1. The molecule has 0 aliphatic carbocycles. The first kappa shape index (κ1) is 23.9. The zero-order valence-corrected chi connectivity index (χ0v) is 20.2. The minimum absolute atomic E-state index is 0.120.